The predicted molar refractivity (Wildman–Crippen MR) is 114 cm³/mol. The average molecular weight is 494 g/mol. The Morgan fingerprint density at radius 2 is 1.38 bits per heavy atom. The van der Waals surface area contributed by atoms with E-state index in [9.17, 15) is 23.2 Å². The molecule has 0 spiro atoms. The number of aromatic hydroxyl groups is 2. The molecule has 0 aliphatic carbocycles. The first kappa shape index (κ1) is 22.0. The molecule has 1 unspecified atom stereocenters. The number of phenolic OH excluding ortho intramolecular Hbond substituents is 2. The molecular weight excluding hydrogens is 482 g/mol. The second-order valence-electron chi connectivity index (χ2n) is 6.06. The molecule has 0 aliphatic heterocycles. The van der Waals surface area contributed by atoms with Gasteiger partial charge in [0.25, 0.3) is 10.1 Å². The lowest BCUT2D eigenvalue weighted by Gasteiger charge is -2.34. The minimum absolute atomic E-state index is 0.000158. The van der Waals surface area contributed by atoms with Gasteiger partial charge in [0.2, 0.25) is 0 Å². The van der Waals surface area contributed by atoms with Crippen LogP contribution in [0.2, 0.25) is 20.1 Å². The summed E-state index contributed by atoms with van der Waals surface area (Å²) in [4.78, 5) is 0. The van der Waals surface area contributed by atoms with Crippen LogP contribution in [0, 0.1) is 0 Å². The topological polar surface area (TPSA) is 94.8 Å². The van der Waals surface area contributed by atoms with Gasteiger partial charge in [0.05, 0.1) is 10.0 Å². The Bertz CT molecular complexity index is 1210. The molecule has 0 aromatic heterocycles. The quantitative estimate of drug-likeness (QED) is 0.311. The first-order chi connectivity index (χ1) is 13.5. The van der Waals surface area contributed by atoms with Crippen molar-refractivity contribution in [1.82, 2.24) is 0 Å². The standard InChI is InChI=1S/C19H12Cl4O5S/c20-13-4-2-1-3-11(13)19(29(26,27)28,10-5-7-14(21)16(25)9-10)12-6-8-15(24)18(23)17(12)22/h1-9,24-25H,(H,26,27,28). The number of benzene rings is 3. The Hall–Kier alpha value is -1.67. The third-order valence-corrected chi connectivity index (χ3v) is 7.40. The zero-order valence-corrected chi connectivity index (χ0v) is 18.1. The Morgan fingerprint density at radius 3 is 1.97 bits per heavy atom. The highest BCUT2D eigenvalue weighted by Gasteiger charge is 2.51. The van der Waals surface area contributed by atoms with Gasteiger partial charge in [-0.2, -0.15) is 8.42 Å². The molecule has 10 heteroatoms. The van der Waals surface area contributed by atoms with Crippen LogP contribution >= 0.6 is 46.4 Å². The highest BCUT2D eigenvalue weighted by atomic mass is 35.5. The largest absolute Gasteiger partial charge is 0.506 e. The van der Waals surface area contributed by atoms with Crippen LogP contribution in [0.25, 0.3) is 0 Å². The monoisotopic (exact) mass is 492 g/mol. The van der Waals surface area contributed by atoms with Gasteiger partial charge in [-0.15, -0.1) is 0 Å². The van der Waals surface area contributed by atoms with E-state index in [4.69, 9.17) is 46.4 Å². The Labute approximate surface area is 186 Å². The van der Waals surface area contributed by atoms with E-state index in [0.717, 1.165) is 12.1 Å². The maximum absolute atomic E-state index is 13.0. The predicted octanol–water partition coefficient (Wildman–Crippen LogP) is 5.89. The van der Waals surface area contributed by atoms with Crippen LogP contribution in [0.1, 0.15) is 16.7 Å². The lowest BCUT2D eigenvalue weighted by atomic mass is 9.83. The Kier molecular flexibility index (Phi) is 5.98. The van der Waals surface area contributed by atoms with Gasteiger partial charge < -0.3 is 10.2 Å². The second kappa shape index (κ2) is 7.87. The highest BCUT2D eigenvalue weighted by Crippen LogP contribution is 2.51. The van der Waals surface area contributed by atoms with Crippen molar-refractivity contribution in [2.24, 2.45) is 0 Å². The van der Waals surface area contributed by atoms with Gasteiger partial charge in [0, 0.05) is 16.1 Å². The third kappa shape index (κ3) is 3.54. The second-order valence-corrected chi connectivity index (χ2v) is 9.20. The van der Waals surface area contributed by atoms with Crippen LogP contribution in [0.4, 0.5) is 0 Å². The van der Waals surface area contributed by atoms with Crippen molar-refractivity contribution in [1.29, 1.82) is 0 Å². The van der Waals surface area contributed by atoms with E-state index in [1.165, 1.54) is 36.4 Å². The molecular formula is C19H12Cl4O5S. The molecule has 0 saturated heterocycles. The molecule has 3 aromatic rings. The molecule has 0 radical (unpaired) electrons. The van der Waals surface area contributed by atoms with Crippen molar-refractivity contribution in [3.63, 3.8) is 0 Å². The molecule has 0 amide bonds. The molecule has 29 heavy (non-hydrogen) atoms. The Balaban J connectivity index is 2.61. The van der Waals surface area contributed by atoms with E-state index in [1.54, 1.807) is 6.07 Å². The number of phenols is 2. The highest BCUT2D eigenvalue weighted by molar-refractivity contribution is 7.87. The maximum Gasteiger partial charge on any atom is 0.283 e. The van der Waals surface area contributed by atoms with Crippen molar-refractivity contribution in [2.45, 2.75) is 4.75 Å². The molecule has 0 fully saturated rings. The molecule has 0 bridgehead atoms. The first-order valence-electron chi connectivity index (χ1n) is 7.90. The third-order valence-electron chi connectivity index (χ3n) is 4.43. The lowest BCUT2D eigenvalue weighted by molar-refractivity contribution is 0.455. The van der Waals surface area contributed by atoms with Crippen LogP contribution in [0.3, 0.4) is 0 Å². The van der Waals surface area contributed by atoms with E-state index < -0.39 is 20.6 Å². The van der Waals surface area contributed by atoms with Crippen LogP contribution < -0.4 is 0 Å². The minimum Gasteiger partial charge on any atom is -0.506 e. The molecule has 0 aliphatic rings. The summed E-state index contributed by atoms with van der Waals surface area (Å²) in [5.41, 5.74) is -0.326. The van der Waals surface area contributed by atoms with Crippen molar-refractivity contribution in [3.8, 4) is 11.5 Å². The van der Waals surface area contributed by atoms with Gasteiger partial charge in [-0.25, -0.2) is 0 Å². The lowest BCUT2D eigenvalue weighted by Crippen LogP contribution is -2.38. The average Bonchev–Trinajstić information content (AvgIpc) is 2.65. The summed E-state index contributed by atoms with van der Waals surface area (Å²) in [6.45, 7) is 0. The summed E-state index contributed by atoms with van der Waals surface area (Å²) in [6.07, 6.45) is 0. The fourth-order valence-corrected chi connectivity index (χ4v) is 5.47. The minimum atomic E-state index is -5.05. The summed E-state index contributed by atoms with van der Waals surface area (Å²) in [7, 11) is -5.05. The van der Waals surface area contributed by atoms with Gasteiger partial charge in [-0.3, -0.25) is 4.55 Å². The van der Waals surface area contributed by atoms with Crippen molar-refractivity contribution >= 4 is 56.5 Å². The smallest absolute Gasteiger partial charge is 0.283 e. The van der Waals surface area contributed by atoms with Crippen LogP contribution in [-0.4, -0.2) is 23.2 Å². The van der Waals surface area contributed by atoms with E-state index in [1.807, 2.05) is 0 Å². The molecule has 1 atom stereocenters. The SMILES string of the molecule is O=S(=O)(O)C(c1ccc(Cl)c(O)c1)(c1ccccc1Cl)c1ccc(O)c(Cl)c1Cl. The number of hydrogen-bond acceptors (Lipinski definition) is 4. The molecule has 3 aromatic carbocycles. The summed E-state index contributed by atoms with van der Waals surface area (Å²) in [5.74, 6) is -0.812. The van der Waals surface area contributed by atoms with E-state index in [2.05, 4.69) is 0 Å². The normalized spacial score (nSPS) is 13.8. The molecule has 3 N–H and O–H groups in total. The first-order valence-corrected chi connectivity index (χ1v) is 10.9. The molecule has 152 valence electrons. The van der Waals surface area contributed by atoms with E-state index >= 15 is 0 Å². The number of halogens is 4. The van der Waals surface area contributed by atoms with Crippen LogP contribution in [-0.2, 0) is 14.9 Å². The summed E-state index contributed by atoms with van der Waals surface area (Å²) >= 11 is 24.6. The van der Waals surface area contributed by atoms with Gasteiger partial charge >= 0.3 is 0 Å². The fraction of sp³-hybridized carbons (Fsp3) is 0.0526. The van der Waals surface area contributed by atoms with E-state index in [-0.39, 0.29) is 42.5 Å². The van der Waals surface area contributed by atoms with Crippen molar-refractivity contribution < 1.29 is 23.2 Å². The maximum atomic E-state index is 13.0. The molecule has 0 heterocycles. The van der Waals surface area contributed by atoms with Gasteiger partial charge in [0.15, 0.2) is 4.75 Å². The summed E-state index contributed by atoms with van der Waals surface area (Å²) in [6, 6.07) is 11.9. The van der Waals surface area contributed by atoms with Crippen LogP contribution in [0.5, 0.6) is 11.5 Å². The zero-order chi connectivity index (χ0) is 21.6. The number of hydrogen-bond donors (Lipinski definition) is 3. The van der Waals surface area contributed by atoms with Crippen LogP contribution in [0.15, 0.2) is 54.6 Å². The molecule has 0 saturated carbocycles. The molecule has 5 nitrogen and oxygen atoms in total. The van der Waals surface area contributed by atoms with Crippen molar-refractivity contribution in [3.05, 3.63) is 91.4 Å². The zero-order valence-electron chi connectivity index (χ0n) is 14.3. The fourth-order valence-electron chi connectivity index (χ4n) is 3.17. The number of rotatable bonds is 4. The Morgan fingerprint density at radius 1 is 0.724 bits per heavy atom. The summed E-state index contributed by atoms with van der Waals surface area (Å²) < 4.78 is 34.0. The molecule has 3 rings (SSSR count). The van der Waals surface area contributed by atoms with Gasteiger partial charge in [-0.1, -0.05) is 76.7 Å². The van der Waals surface area contributed by atoms with E-state index in [0.29, 0.717) is 0 Å². The summed E-state index contributed by atoms with van der Waals surface area (Å²) in [5, 5.41) is 19.3. The van der Waals surface area contributed by atoms with Gasteiger partial charge in [-0.05, 0) is 29.8 Å². The van der Waals surface area contributed by atoms with Gasteiger partial charge in [0.1, 0.15) is 16.5 Å². The van der Waals surface area contributed by atoms with Crippen molar-refractivity contribution in [2.75, 3.05) is 0 Å².